The van der Waals surface area contributed by atoms with Crippen LogP contribution in [0.25, 0.3) is 22.2 Å². The van der Waals surface area contributed by atoms with Gasteiger partial charge in [-0.25, -0.2) is 9.78 Å². The van der Waals surface area contributed by atoms with Crippen LogP contribution in [0.15, 0.2) is 43.0 Å². The van der Waals surface area contributed by atoms with Crippen molar-refractivity contribution >= 4 is 22.8 Å². The lowest BCUT2D eigenvalue weighted by atomic mass is 10.0. The number of piperidine rings is 1. The number of fused-ring (bicyclic) bond motifs is 1. The smallest absolute Gasteiger partial charge is 0.410 e. The first-order valence-corrected chi connectivity index (χ1v) is 10.4. The summed E-state index contributed by atoms with van der Waals surface area (Å²) in [4.78, 5) is 28.8. The van der Waals surface area contributed by atoms with E-state index in [0.29, 0.717) is 0 Å². The van der Waals surface area contributed by atoms with Crippen LogP contribution in [0.2, 0.25) is 0 Å². The van der Waals surface area contributed by atoms with Gasteiger partial charge in [-0.1, -0.05) is 6.07 Å². The maximum absolute atomic E-state index is 12.6. The number of hydrogen-bond acceptors (Lipinski definition) is 5. The molecule has 0 saturated carbocycles. The summed E-state index contributed by atoms with van der Waals surface area (Å²) in [7, 11) is 1.84. The minimum atomic E-state index is -0.499. The predicted molar refractivity (Wildman–Crippen MR) is 119 cm³/mol. The van der Waals surface area contributed by atoms with Gasteiger partial charge in [0, 0.05) is 67.1 Å². The van der Waals surface area contributed by atoms with E-state index in [2.05, 4.69) is 32.0 Å². The van der Waals surface area contributed by atoms with E-state index in [9.17, 15) is 4.79 Å². The highest BCUT2D eigenvalue weighted by atomic mass is 16.6. The van der Waals surface area contributed by atoms with E-state index in [1.54, 1.807) is 11.1 Å². The fraction of sp³-hybridized carbons (Fsp3) is 0.435. The molecule has 0 aromatic carbocycles. The van der Waals surface area contributed by atoms with Crippen molar-refractivity contribution < 1.29 is 9.53 Å². The lowest BCUT2D eigenvalue weighted by Gasteiger charge is -2.39. The number of rotatable bonds is 3. The molecular formula is C23H29N5O2. The number of nitrogens with one attached hydrogen (secondary N) is 1. The second kappa shape index (κ2) is 7.97. The summed E-state index contributed by atoms with van der Waals surface area (Å²) < 4.78 is 5.57. The molecule has 7 heteroatoms. The van der Waals surface area contributed by atoms with Crippen molar-refractivity contribution in [2.24, 2.45) is 0 Å². The van der Waals surface area contributed by atoms with Gasteiger partial charge in [0.1, 0.15) is 11.2 Å². The van der Waals surface area contributed by atoms with Crippen LogP contribution in [0.4, 0.5) is 10.5 Å². The molecule has 30 heavy (non-hydrogen) atoms. The number of H-pyrrole nitrogens is 1. The van der Waals surface area contributed by atoms with Gasteiger partial charge in [-0.05, 0) is 45.7 Å². The molecule has 1 N–H and O–H groups in total. The third kappa shape index (κ3) is 4.10. The van der Waals surface area contributed by atoms with Crippen LogP contribution < -0.4 is 4.90 Å². The van der Waals surface area contributed by atoms with Gasteiger partial charge in [0.25, 0.3) is 0 Å². The van der Waals surface area contributed by atoms with Crippen LogP contribution in [0.1, 0.15) is 33.6 Å². The van der Waals surface area contributed by atoms with Crippen molar-refractivity contribution in [3.8, 4) is 11.1 Å². The number of hydrogen-bond donors (Lipinski definition) is 1. The van der Waals surface area contributed by atoms with Crippen molar-refractivity contribution in [1.82, 2.24) is 19.9 Å². The Morgan fingerprint density at radius 1 is 1.30 bits per heavy atom. The van der Waals surface area contributed by atoms with Gasteiger partial charge in [-0.2, -0.15) is 0 Å². The quantitative estimate of drug-likeness (QED) is 0.694. The van der Waals surface area contributed by atoms with Crippen LogP contribution in [0.5, 0.6) is 0 Å². The van der Waals surface area contributed by atoms with Crippen molar-refractivity contribution in [2.75, 3.05) is 25.0 Å². The number of aromatic amines is 1. The molecule has 0 bridgehead atoms. The molecule has 4 heterocycles. The minimum Gasteiger partial charge on any atom is -0.444 e. The fourth-order valence-corrected chi connectivity index (χ4v) is 4.03. The highest BCUT2D eigenvalue weighted by Gasteiger charge is 2.30. The Bertz CT molecular complexity index is 1020. The van der Waals surface area contributed by atoms with Crippen LogP contribution >= 0.6 is 0 Å². The Balaban J connectivity index is 1.63. The highest BCUT2D eigenvalue weighted by Crippen LogP contribution is 2.36. The third-order valence-electron chi connectivity index (χ3n) is 5.49. The van der Waals surface area contributed by atoms with Gasteiger partial charge in [0.2, 0.25) is 0 Å². The largest absolute Gasteiger partial charge is 0.444 e. The Labute approximate surface area is 177 Å². The molecule has 0 unspecified atom stereocenters. The molecular weight excluding hydrogens is 378 g/mol. The molecule has 4 rings (SSSR count). The van der Waals surface area contributed by atoms with Crippen LogP contribution in [-0.4, -0.2) is 57.7 Å². The Morgan fingerprint density at radius 3 is 2.87 bits per heavy atom. The van der Waals surface area contributed by atoms with Crippen LogP contribution in [0.3, 0.4) is 0 Å². The SMILES string of the molecule is CN(C(=O)OC(C)(C)C)[C@H]1CCCN(c2ccnc3[nH]cc(-c4cccnc4)c23)C1. The number of ether oxygens (including phenoxy) is 1. The van der Waals surface area contributed by atoms with Crippen molar-refractivity contribution in [1.29, 1.82) is 0 Å². The summed E-state index contributed by atoms with van der Waals surface area (Å²) in [6.07, 6.45) is 9.17. The van der Waals surface area contributed by atoms with E-state index >= 15 is 0 Å². The maximum Gasteiger partial charge on any atom is 0.410 e. The second-order valence-corrected chi connectivity index (χ2v) is 8.83. The minimum absolute atomic E-state index is 0.0950. The molecule has 1 amide bonds. The topological polar surface area (TPSA) is 74.3 Å². The van der Waals surface area contributed by atoms with E-state index < -0.39 is 5.60 Å². The zero-order valence-corrected chi connectivity index (χ0v) is 18.1. The first kappa shape index (κ1) is 20.2. The molecule has 1 aliphatic heterocycles. The molecule has 1 atom stereocenters. The number of nitrogens with zero attached hydrogens (tertiary/aromatic N) is 4. The van der Waals surface area contributed by atoms with Crippen molar-refractivity contribution in [2.45, 2.75) is 45.3 Å². The first-order valence-electron chi connectivity index (χ1n) is 10.4. The van der Waals surface area contributed by atoms with Gasteiger partial charge in [0.15, 0.2) is 0 Å². The lowest BCUT2D eigenvalue weighted by Crippen LogP contribution is -2.49. The van der Waals surface area contributed by atoms with Crippen LogP contribution in [-0.2, 0) is 4.74 Å². The Kier molecular flexibility index (Phi) is 5.37. The number of pyridine rings is 2. The van der Waals surface area contributed by atoms with Gasteiger partial charge >= 0.3 is 6.09 Å². The molecule has 3 aromatic heterocycles. The van der Waals surface area contributed by atoms with Crippen molar-refractivity contribution in [3.05, 3.63) is 43.0 Å². The Morgan fingerprint density at radius 2 is 2.13 bits per heavy atom. The molecule has 1 saturated heterocycles. The van der Waals surface area contributed by atoms with E-state index in [1.807, 2.05) is 52.5 Å². The van der Waals surface area contributed by atoms with Gasteiger partial charge in [-0.15, -0.1) is 0 Å². The van der Waals surface area contributed by atoms with Gasteiger partial charge in [0.05, 0.1) is 6.04 Å². The monoisotopic (exact) mass is 407 g/mol. The van der Waals surface area contributed by atoms with Gasteiger partial charge < -0.3 is 19.5 Å². The maximum atomic E-state index is 12.6. The number of carbonyl (C=O) groups is 1. The molecule has 1 fully saturated rings. The van der Waals surface area contributed by atoms with Gasteiger partial charge in [-0.3, -0.25) is 4.98 Å². The first-order chi connectivity index (χ1) is 14.3. The number of anilines is 1. The summed E-state index contributed by atoms with van der Waals surface area (Å²) in [5.41, 5.74) is 3.62. The number of aromatic nitrogens is 3. The van der Waals surface area contributed by atoms with E-state index in [1.165, 1.54) is 0 Å². The lowest BCUT2D eigenvalue weighted by molar-refractivity contribution is 0.0210. The normalized spacial score (nSPS) is 17.2. The fourth-order valence-electron chi connectivity index (χ4n) is 4.03. The molecule has 0 spiro atoms. The number of amides is 1. The standard InChI is InChI=1S/C23H29N5O2/c1-23(2,3)30-22(29)27(4)17-8-6-12-28(15-17)19-9-11-25-21-20(19)18(14-26-21)16-7-5-10-24-13-16/h5,7,9-11,13-14,17H,6,8,12,15H2,1-4H3,(H,25,26)/t17-/m0/s1. The number of carbonyl (C=O) groups excluding carboxylic acids is 1. The summed E-state index contributed by atoms with van der Waals surface area (Å²) >= 11 is 0. The predicted octanol–water partition coefficient (Wildman–Crippen LogP) is 4.46. The summed E-state index contributed by atoms with van der Waals surface area (Å²) in [6, 6.07) is 6.16. The molecule has 1 aliphatic rings. The average molecular weight is 408 g/mol. The third-order valence-corrected chi connectivity index (χ3v) is 5.49. The molecule has 158 valence electrons. The molecule has 0 aliphatic carbocycles. The van der Waals surface area contributed by atoms with E-state index in [4.69, 9.17) is 4.74 Å². The van der Waals surface area contributed by atoms with E-state index in [0.717, 1.165) is 53.8 Å². The highest BCUT2D eigenvalue weighted by molar-refractivity contribution is 6.02. The molecule has 3 aromatic rings. The summed E-state index contributed by atoms with van der Waals surface area (Å²) in [6.45, 7) is 7.38. The zero-order chi connectivity index (χ0) is 21.3. The second-order valence-electron chi connectivity index (χ2n) is 8.83. The average Bonchev–Trinajstić information content (AvgIpc) is 3.17. The number of likely N-dealkylation sites (N-methyl/N-ethyl adjacent to an activating group) is 1. The zero-order valence-electron chi connectivity index (χ0n) is 18.1. The summed E-state index contributed by atoms with van der Waals surface area (Å²) in [5, 5.41) is 1.09. The Hall–Kier alpha value is -3.09. The molecule has 7 nitrogen and oxygen atoms in total. The summed E-state index contributed by atoms with van der Waals surface area (Å²) in [5.74, 6) is 0. The van der Waals surface area contributed by atoms with Crippen molar-refractivity contribution in [3.63, 3.8) is 0 Å². The van der Waals surface area contributed by atoms with E-state index in [-0.39, 0.29) is 12.1 Å². The van der Waals surface area contributed by atoms with Crippen LogP contribution in [0, 0.1) is 0 Å². The molecule has 0 radical (unpaired) electrons.